The van der Waals surface area contributed by atoms with Crippen LogP contribution in [0.25, 0.3) is 22.6 Å². The van der Waals surface area contributed by atoms with E-state index in [1.54, 1.807) is 6.07 Å². The Bertz CT molecular complexity index is 1050. The highest BCUT2D eigenvalue weighted by Gasteiger charge is 2.35. The van der Waals surface area contributed by atoms with E-state index in [2.05, 4.69) is 10.1 Å². The lowest BCUT2D eigenvalue weighted by molar-refractivity contribution is -0.0458. The molecule has 0 spiro atoms. The molecule has 1 aliphatic heterocycles. The van der Waals surface area contributed by atoms with E-state index in [0.29, 0.717) is 5.69 Å². The molecule has 0 radical (unpaired) electrons. The number of hydrogen-bond donors (Lipinski definition) is 3. The summed E-state index contributed by atoms with van der Waals surface area (Å²) in [6.07, 6.45) is -1.07. The Kier molecular flexibility index (Phi) is 4.48. The van der Waals surface area contributed by atoms with Crippen molar-refractivity contribution < 1.29 is 19.5 Å². The highest BCUT2D eigenvalue weighted by Crippen LogP contribution is 2.29. The van der Waals surface area contributed by atoms with Gasteiger partial charge in [-0.1, -0.05) is 35.5 Å². The minimum absolute atomic E-state index is 0.106. The molecule has 0 bridgehead atoms. The summed E-state index contributed by atoms with van der Waals surface area (Å²) in [5.74, 6) is 0.195. The van der Waals surface area contributed by atoms with Crippen LogP contribution >= 0.6 is 0 Å². The first-order valence-electron chi connectivity index (χ1n) is 8.39. The molecule has 9 heteroatoms. The minimum atomic E-state index is -0.905. The zero-order chi connectivity index (χ0) is 19.0. The van der Waals surface area contributed by atoms with Gasteiger partial charge in [0.15, 0.2) is 5.76 Å². The van der Waals surface area contributed by atoms with Crippen LogP contribution in [-0.2, 0) is 4.74 Å². The van der Waals surface area contributed by atoms with Crippen molar-refractivity contribution in [1.82, 2.24) is 14.7 Å². The Balaban J connectivity index is 1.71. The highest BCUT2D eigenvalue weighted by molar-refractivity contribution is 5.65. The lowest BCUT2D eigenvalue weighted by Gasteiger charge is -2.14. The summed E-state index contributed by atoms with van der Waals surface area (Å²) in [4.78, 5) is 26.6. The predicted molar refractivity (Wildman–Crippen MR) is 93.9 cm³/mol. The van der Waals surface area contributed by atoms with Crippen molar-refractivity contribution >= 4 is 0 Å². The lowest BCUT2D eigenvalue weighted by atomic mass is 10.1. The van der Waals surface area contributed by atoms with Crippen molar-refractivity contribution in [3.05, 3.63) is 63.4 Å². The van der Waals surface area contributed by atoms with Gasteiger partial charge >= 0.3 is 5.69 Å². The number of nitrogens with one attached hydrogen (secondary N) is 1. The van der Waals surface area contributed by atoms with Gasteiger partial charge in [-0.05, 0) is 0 Å². The largest absolute Gasteiger partial charge is 0.394 e. The fourth-order valence-electron chi connectivity index (χ4n) is 3.07. The first-order chi connectivity index (χ1) is 13.1. The molecule has 27 heavy (non-hydrogen) atoms. The van der Waals surface area contributed by atoms with Crippen molar-refractivity contribution in [2.75, 3.05) is 6.61 Å². The second kappa shape index (κ2) is 6.95. The molecule has 3 aromatic rings. The van der Waals surface area contributed by atoms with Gasteiger partial charge in [0.05, 0.1) is 12.7 Å². The third kappa shape index (κ3) is 3.23. The summed E-state index contributed by atoms with van der Waals surface area (Å²) in [6, 6.07) is 10.9. The van der Waals surface area contributed by atoms with Crippen molar-refractivity contribution in [2.45, 2.75) is 24.9 Å². The number of ether oxygens (including phenoxy) is 1. The third-order valence-corrected chi connectivity index (χ3v) is 4.51. The minimum Gasteiger partial charge on any atom is -0.394 e. The molecule has 1 aromatic carbocycles. The molecular formula is C18H17N3O6. The topological polar surface area (TPSA) is 131 Å². The molecule has 3 heterocycles. The number of H-pyrrole nitrogens is 1. The Hall–Kier alpha value is -3.01. The summed E-state index contributed by atoms with van der Waals surface area (Å²) < 4.78 is 11.9. The Labute approximate surface area is 152 Å². The molecule has 0 saturated carbocycles. The average Bonchev–Trinajstić information content (AvgIpc) is 3.29. The third-order valence-electron chi connectivity index (χ3n) is 4.51. The molecule has 4 rings (SSSR count). The van der Waals surface area contributed by atoms with Crippen LogP contribution in [0.5, 0.6) is 0 Å². The van der Waals surface area contributed by atoms with Gasteiger partial charge in [0.2, 0.25) is 0 Å². The molecule has 2 aromatic heterocycles. The van der Waals surface area contributed by atoms with Crippen LogP contribution in [0.3, 0.4) is 0 Å². The fourth-order valence-corrected chi connectivity index (χ4v) is 3.07. The molecule has 9 nitrogen and oxygen atoms in total. The van der Waals surface area contributed by atoms with Crippen molar-refractivity contribution in [2.24, 2.45) is 0 Å². The van der Waals surface area contributed by atoms with E-state index in [4.69, 9.17) is 9.26 Å². The second-order valence-electron chi connectivity index (χ2n) is 6.27. The van der Waals surface area contributed by atoms with Crippen LogP contribution in [0.2, 0.25) is 0 Å². The molecule has 3 unspecified atom stereocenters. The number of aromatic amines is 1. The van der Waals surface area contributed by atoms with E-state index in [0.717, 1.165) is 5.56 Å². The average molecular weight is 371 g/mol. The Morgan fingerprint density at radius 1 is 1.26 bits per heavy atom. The van der Waals surface area contributed by atoms with Crippen LogP contribution in [-0.4, -0.2) is 43.7 Å². The molecule has 1 fully saturated rings. The molecule has 0 amide bonds. The van der Waals surface area contributed by atoms with Crippen molar-refractivity contribution in [3.63, 3.8) is 0 Å². The SMILES string of the molecule is O=c1[nH]c(=O)n(C2CC(O)C(CO)O2)cc1-c1cc(-c2ccccc2)no1. The number of aliphatic hydroxyl groups is 2. The maximum atomic E-state index is 12.3. The molecule has 1 saturated heterocycles. The van der Waals surface area contributed by atoms with E-state index >= 15 is 0 Å². The fraction of sp³-hybridized carbons (Fsp3) is 0.278. The monoisotopic (exact) mass is 371 g/mol. The van der Waals surface area contributed by atoms with Gasteiger partial charge < -0.3 is 19.5 Å². The molecule has 1 aliphatic rings. The quantitative estimate of drug-likeness (QED) is 0.609. The maximum Gasteiger partial charge on any atom is 0.330 e. The summed E-state index contributed by atoms with van der Waals surface area (Å²) in [6.45, 7) is -0.370. The van der Waals surface area contributed by atoms with Gasteiger partial charge in [-0.15, -0.1) is 0 Å². The molecule has 0 aliphatic carbocycles. The maximum absolute atomic E-state index is 12.3. The first-order valence-corrected chi connectivity index (χ1v) is 8.39. The van der Waals surface area contributed by atoms with Crippen molar-refractivity contribution in [1.29, 1.82) is 0 Å². The van der Waals surface area contributed by atoms with E-state index in [1.807, 2.05) is 30.3 Å². The van der Waals surface area contributed by atoms with E-state index in [9.17, 15) is 19.8 Å². The van der Waals surface area contributed by atoms with Crippen LogP contribution in [0.4, 0.5) is 0 Å². The van der Waals surface area contributed by atoms with Crippen LogP contribution in [0.15, 0.2) is 56.7 Å². The number of aromatic nitrogens is 3. The summed E-state index contributed by atoms with van der Waals surface area (Å²) in [5.41, 5.74) is 0.183. The summed E-state index contributed by atoms with van der Waals surface area (Å²) in [7, 11) is 0. The van der Waals surface area contributed by atoms with Gasteiger partial charge in [0, 0.05) is 24.2 Å². The number of hydrogen-bond acceptors (Lipinski definition) is 7. The van der Waals surface area contributed by atoms with E-state index in [1.165, 1.54) is 10.8 Å². The molecule has 3 atom stereocenters. The molecular weight excluding hydrogens is 354 g/mol. The Morgan fingerprint density at radius 3 is 2.74 bits per heavy atom. The standard InChI is InChI=1S/C18H17N3O6/c22-9-15-13(23)7-16(26-15)21-8-11(17(24)19-18(21)25)14-6-12(20-27-14)10-4-2-1-3-5-10/h1-6,8,13,15-16,22-23H,7,9H2,(H,19,24,25). The first kappa shape index (κ1) is 17.4. The van der Waals surface area contributed by atoms with Crippen LogP contribution in [0, 0.1) is 0 Å². The molecule has 3 N–H and O–H groups in total. The highest BCUT2D eigenvalue weighted by atomic mass is 16.5. The Morgan fingerprint density at radius 2 is 2.04 bits per heavy atom. The predicted octanol–water partition coefficient (Wildman–Crippen LogP) is 0.499. The second-order valence-corrected chi connectivity index (χ2v) is 6.27. The van der Waals surface area contributed by atoms with Gasteiger partial charge in [0.25, 0.3) is 5.56 Å². The van der Waals surface area contributed by atoms with Crippen LogP contribution in [0.1, 0.15) is 12.6 Å². The van der Waals surface area contributed by atoms with E-state index < -0.39 is 29.7 Å². The normalized spacial score (nSPS) is 22.2. The van der Waals surface area contributed by atoms with E-state index in [-0.39, 0.29) is 24.4 Å². The van der Waals surface area contributed by atoms with Crippen LogP contribution < -0.4 is 11.2 Å². The summed E-state index contributed by atoms with van der Waals surface area (Å²) >= 11 is 0. The zero-order valence-corrected chi connectivity index (χ0v) is 14.1. The van der Waals surface area contributed by atoms with Gasteiger partial charge in [-0.2, -0.15) is 0 Å². The van der Waals surface area contributed by atoms with Crippen molar-refractivity contribution in [3.8, 4) is 22.6 Å². The zero-order valence-electron chi connectivity index (χ0n) is 14.1. The molecule has 140 valence electrons. The number of nitrogens with zero attached hydrogens (tertiary/aromatic N) is 2. The van der Waals surface area contributed by atoms with Gasteiger partial charge in [0.1, 0.15) is 23.6 Å². The smallest absolute Gasteiger partial charge is 0.330 e. The number of aliphatic hydroxyl groups excluding tert-OH is 2. The van der Waals surface area contributed by atoms with Gasteiger partial charge in [-0.25, -0.2) is 4.79 Å². The van der Waals surface area contributed by atoms with Gasteiger partial charge in [-0.3, -0.25) is 14.3 Å². The number of benzene rings is 1. The summed E-state index contributed by atoms with van der Waals surface area (Å²) in [5, 5.41) is 23.1. The lowest BCUT2D eigenvalue weighted by Crippen LogP contribution is -2.33. The number of rotatable bonds is 4.